The predicted octanol–water partition coefficient (Wildman–Crippen LogP) is 3.59. The van der Waals surface area contributed by atoms with Gasteiger partial charge >= 0.3 is 11.9 Å². The lowest BCUT2D eigenvalue weighted by molar-refractivity contribution is -0.144. The molecule has 2 aromatic rings. The Morgan fingerprint density at radius 2 is 1.88 bits per heavy atom. The first-order valence-corrected chi connectivity index (χ1v) is 9.52. The van der Waals surface area contributed by atoms with E-state index in [1.165, 1.54) is 0 Å². The molecule has 3 atom stereocenters. The van der Waals surface area contributed by atoms with Crippen molar-refractivity contribution in [1.29, 1.82) is 0 Å². The summed E-state index contributed by atoms with van der Waals surface area (Å²) in [7, 11) is 0. The van der Waals surface area contributed by atoms with Crippen molar-refractivity contribution < 1.29 is 19.8 Å². The van der Waals surface area contributed by atoms with Crippen molar-refractivity contribution >= 4 is 38.8 Å². The number of aromatic nitrogens is 1. The highest BCUT2D eigenvalue weighted by Crippen LogP contribution is 2.35. The van der Waals surface area contributed by atoms with Crippen molar-refractivity contribution in [2.75, 3.05) is 13.1 Å². The van der Waals surface area contributed by atoms with E-state index < -0.39 is 18.0 Å². The van der Waals surface area contributed by atoms with Crippen LogP contribution < -0.4 is 0 Å². The van der Waals surface area contributed by atoms with Crippen LogP contribution in [0, 0.1) is 11.8 Å². The number of rotatable bonds is 5. The summed E-state index contributed by atoms with van der Waals surface area (Å²) < 4.78 is 2.44. The Morgan fingerprint density at radius 3 is 2.46 bits per heavy atom. The lowest BCUT2D eigenvalue weighted by Crippen LogP contribution is -2.43. The van der Waals surface area contributed by atoms with Crippen LogP contribution in [0.4, 0.5) is 0 Å². The number of fused-ring (bicyclic) bond motifs is 1. The molecule has 0 amide bonds. The zero-order valence-corrected chi connectivity index (χ0v) is 16.4. The monoisotopic (exact) mass is 422 g/mol. The van der Waals surface area contributed by atoms with Gasteiger partial charge in [-0.1, -0.05) is 35.8 Å². The van der Waals surface area contributed by atoms with E-state index in [4.69, 9.17) is 0 Å². The minimum absolute atomic E-state index is 0.202. The largest absolute Gasteiger partial charge is 0.480 e. The Morgan fingerprint density at radius 1 is 1.23 bits per heavy atom. The van der Waals surface area contributed by atoms with Crippen LogP contribution in [0.3, 0.4) is 0 Å². The van der Waals surface area contributed by atoms with E-state index in [-0.39, 0.29) is 6.54 Å². The molecule has 0 unspecified atom stereocenters. The summed E-state index contributed by atoms with van der Waals surface area (Å²) in [5, 5.41) is 20.0. The molecule has 0 aliphatic carbocycles. The second kappa shape index (κ2) is 7.40. The topological polar surface area (TPSA) is 82.8 Å². The van der Waals surface area contributed by atoms with Gasteiger partial charge in [-0.3, -0.25) is 14.5 Å². The fourth-order valence-electron chi connectivity index (χ4n) is 4.20. The van der Waals surface area contributed by atoms with Gasteiger partial charge in [0.2, 0.25) is 0 Å². The number of carboxylic acids is 2. The maximum Gasteiger partial charge on any atom is 0.325 e. The number of carboxylic acid groups (broad SMARTS) is 2. The van der Waals surface area contributed by atoms with E-state index >= 15 is 0 Å². The van der Waals surface area contributed by atoms with Crippen molar-refractivity contribution in [2.45, 2.75) is 32.9 Å². The number of hydrogen-bond acceptors (Lipinski definition) is 3. The quantitative estimate of drug-likeness (QED) is 0.768. The Kier molecular flexibility index (Phi) is 5.39. The SMILES string of the molecule is C[C@@H]1C[C@H](C)CN([C@@H](C(=O)O)c2cn(CC(=O)O)c3cc(Br)ccc23)C1. The fraction of sp³-hybridized carbons (Fsp3) is 0.474. The van der Waals surface area contributed by atoms with E-state index in [0.29, 0.717) is 17.4 Å². The standard InChI is InChI=1S/C19H23BrN2O4/c1-11-5-12(2)8-22(7-11)18(19(25)26)15-9-21(10-17(23)24)16-6-13(20)3-4-14(15)16/h3-4,6,9,11-12,18H,5,7-8,10H2,1-2H3,(H,23,24)(H,25,26)/t11-,12+,18-/m1/s1. The molecule has 0 saturated carbocycles. The molecule has 1 aliphatic heterocycles. The van der Waals surface area contributed by atoms with Crippen LogP contribution in [0.15, 0.2) is 28.9 Å². The van der Waals surface area contributed by atoms with Gasteiger partial charge in [-0.15, -0.1) is 0 Å². The van der Waals surface area contributed by atoms with Gasteiger partial charge in [0, 0.05) is 34.7 Å². The molecule has 1 fully saturated rings. The summed E-state index contributed by atoms with van der Waals surface area (Å²) >= 11 is 3.41. The molecule has 26 heavy (non-hydrogen) atoms. The van der Waals surface area contributed by atoms with Crippen LogP contribution in [0.1, 0.15) is 31.9 Å². The molecule has 3 rings (SSSR count). The van der Waals surface area contributed by atoms with E-state index in [0.717, 1.165) is 34.9 Å². The van der Waals surface area contributed by atoms with Crippen LogP contribution in [0.2, 0.25) is 0 Å². The van der Waals surface area contributed by atoms with Crippen molar-refractivity contribution in [1.82, 2.24) is 9.47 Å². The minimum atomic E-state index is -0.958. The number of piperidine rings is 1. The molecule has 1 aromatic heterocycles. The van der Waals surface area contributed by atoms with Gasteiger partial charge < -0.3 is 14.8 Å². The van der Waals surface area contributed by atoms with E-state index in [1.54, 1.807) is 10.8 Å². The highest BCUT2D eigenvalue weighted by atomic mass is 79.9. The number of hydrogen-bond donors (Lipinski definition) is 2. The molecule has 1 aromatic carbocycles. The highest BCUT2D eigenvalue weighted by Gasteiger charge is 2.34. The van der Waals surface area contributed by atoms with E-state index in [1.807, 2.05) is 23.1 Å². The van der Waals surface area contributed by atoms with Crippen molar-refractivity contribution in [3.8, 4) is 0 Å². The molecular formula is C19H23BrN2O4. The van der Waals surface area contributed by atoms with Crippen LogP contribution >= 0.6 is 15.9 Å². The van der Waals surface area contributed by atoms with Crippen LogP contribution in [0.25, 0.3) is 10.9 Å². The molecule has 1 saturated heterocycles. The first kappa shape index (κ1) is 18.9. The van der Waals surface area contributed by atoms with Gasteiger partial charge in [0.25, 0.3) is 0 Å². The summed E-state index contributed by atoms with van der Waals surface area (Å²) in [6, 6.07) is 4.78. The van der Waals surface area contributed by atoms with Gasteiger partial charge in [0.1, 0.15) is 12.6 Å². The molecule has 6 nitrogen and oxygen atoms in total. The maximum atomic E-state index is 12.2. The van der Waals surface area contributed by atoms with E-state index in [9.17, 15) is 19.8 Å². The van der Waals surface area contributed by atoms with Gasteiger partial charge in [-0.05, 0) is 30.4 Å². The third-order valence-electron chi connectivity index (χ3n) is 4.97. The number of halogens is 1. The summed E-state index contributed by atoms with van der Waals surface area (Å²) in [5.74, 6) is -0.992. The lowest BCUT2D eigenvalue weighted by Gasteiger charge is -2.38. The Balaban J connectivity index is 2.11. The number of nitrogens with zero attached hydrogens (tertiary/aromatic N) is 2. The molecule has 1 aliphatic rings. The molecule has 0 radical (unpaired) electrons. The van der Waals surface area contributed by atoms with Crippen LogP contribution in [-0.2, 0) is 16.1 Å². The first-order valence-electron chi connectivity index (χ1n) is 8.73. The maximum absolute atomic E-state index is 12.2. The van der Waals surface area contributed by atoms with Gasteiger partial charge in [0.15, 0.2) is 0 Å². The lowest BCUT2D eigenvalue weighted by atomic mass is 9.89. The summed E-state index contributed by atoms with van der Waals surface area (Å²) in [5.41, 5.74) is 1.38. The minimum Gasteiger partial charge on any atom is -0.480 e. The normalized spacial score (nSPS) is 22.4. The van der Waals surface area contributed by atoms with Gasteiger partial charge in [-0.25, -0.2) is 0 Å². The Hall–Kier alpha value is -1.86. The smallest absolute Gasteiger partial charge is 0.325 e. The van der Waals surface area contributed by atoms with Gasteiger partial charge in [-0.2, -0.15) is 0 Å². The number of carbonyl (C=O) groups is 2. The molecule has 0 bridgehead atoms. The molecule has 2 N–H and O–H groups in total. The zero-order chi connectivity index (χ0) is 19.0. The third-order valence-corrected chi connectivity index (χ3v) is 5.46. The molecule has 0 spiro atoms. The number of aliphatic carboxylic acids is 2. The van der Waals surface area contributed by atoms with E-state index in [2.05, 4.69) is 29.8 Å². The highest BCUT2D eigenvalue weighted by molar-refractivity contribution is 9.10. The number of likely N-dealkylation sites (tertiary alicyclic amines) is 1. The Bertz CT molecular complexity index is 837. The summed E-state index contributed by atoms with van der Waals surface area (Å²) in [6.07, 6.45) is 2.78. The van der Waals surface area contributed by atoms with Crippen LogP contribution in [0.5, 0.6) is 0 Å². The van der Waals surface area contributed by atoms with Crippen molar-refractivity contribution in [3.05, 3.63) is 34.4 Å². The summed E-state index contributed by atoms with van der Waals surface area (Å²) in [4.78, 5) is 25.4. The predicted molar refractivity (Wildman–Crippen MR) is 102 cm³/mol. The third kappa shape index (κ3) is 3.78. The van der Waals surface area contributed by atoms with Crippen LogP contribution in [-0.4, -0.2) is 44.7 Å². The zero-order valence-electron chi connectivity index (χ0n) is 14.9. The second-order valence-electron chi connectivity index (χ2n) is 7.41. The second-order valence-corrected chi connectivity index (χ2v) is 8.32. The van der Waals surface area contributed by atoms with Crippen molar-refractivity contribution in [2.24, 2.45) is 11.8 Å². The molecule has 7 heteroatoms. The first-order chi connectivity index (χ1) is 12.3. The average Bonchev–Trinajstić information content (AvgIpc) is 2.83. The summed E-state index contributed by atoms with van der Waals surface area (Å²) in [6.45, 7) is 5.54. The molecule has 2 heterocycles. The number of benzene rings is 1. The molecular weight excluding hydrogens is 400 g/mol. The fourth-order valence-corrected chi connectivity index (χ4v) is 4.54. The average molecular weight is 423 g/mol. The Labute approximate surface area is 160 Å². The molecule has 140 valence electrons. The van der Waals surface area contributed by atoms with Crippen molar-refractivity contribution in [3.63, 3.8) is 0 Å². The van der Waals surface area contributed by atoms with Gasteiger partial charge in [0.05, 0.1) is 5.52 Å².